The minimum atomic E-state index is 0.254. The van der Waals surface area contributed by atoms with Gasteiger partial charge in [-0.15, -0.1) is 0 Å². The summed E-state index contributed by atoms with van der Waals surface area (Å²) in [5.74, 6) is 1.51. The number of thiocarbonyl (C=S) groups is 1. The minimum absolute atomic E-state index is 0.254. The standard InChI is InChI=1S/C10H19N3S/c1-7(2)8-4-3-5-9(6-8)12-13-10(11)14/h7-8H,3-6H2,1-2H3,(H3,11,13,14). The maximum absolute atomic E-state index is 5.32. The molecule has 0 saturated heterocycles. The van der Waals surface area contributed by atoms with Crippen LogP contribution in [0.1, 0.15) is 39.5 Å². The fourth-order valence-electron chi connectivity index (χ4n) is 1.88. The van der Waals surface area contributed by atoms with E-state index >= 15 is 0 Å². The highest BCUT2D eigenvalue weighted by molar-refractivity contribution is 7.80. The summed E-state index contributed by atoms with van der Waals surface area (Å²) in [5, 5.41) is 4.47. The second kappa shape index (κ2) is 5.29. The lowest BCUT2D eigenvalue weighted by Crippen LogP contribution is -2.27. The molecule has 0 bridgehead atoms. The summed E-state index contributed by atoms with van der Waals surface area (Å²) < 4.78 is 0. The molecule has 1 saturated carbocycles. The smallest absolute Gasteiger partial charge is 0.184 e. The van der Waals surface area contributed by atoms with Crippen LogP contribution in [0.25, 0.3) is 0 Å². The van der Waals surface area contributed by atoms with E-state index in [1.807, 2.05) is 0 Å². The quantitative estimate of drug-likeness (QED) is 0.545. The highest BCUT2D eigenvalue weighted by Gasteiger charge is 2.20. The van der Waals surface area contributed by atoms with Crippen molar-refractivity contribution in [2.45, 2.75) is 39.5 Å². The first-order valence-electron chi connectivity index (χ1n) is 5.20. The Morgan fingerprint density at radius 3 is 2.93 bits per heavy atom. The summed E-state index contributed by atoms with van der Waals surface area (Å²) in [6.45, 7) is 4.54. The second-order valence-corrected chi connectivity index (χ2v) is 4.69. The van der Waals surface area contributed by atoms with E-state index in [-0.39, 0.29) is 5.11 Å². The molecule has 0 spiro atoms. The molecule has 1 rings (SSSR count). The molecule has 0 heterocycles. The van der Waals surface area contributed by atoms with E-state index in [0.29, 0.717) is 0 Å². The molecule has 0 aromatic carbocycles. The molecule has 3 N–H and O–H groups in total. The predicted octanol–water partition coefficient (Wildman–Crippen LogP) is 2.02. The monoisotopic (exact) mass is 213 g/mol. The van der Waals surface area contributed by atoms with Gasteiger partial charge >= 0.3 is 0 Å². The Morgan fingerprint density at radius 2 is 2.36 bits per heavy atom. The Balaban J connectivity index is 2.47. The molecule has 0 aromatic rings. The van der Waals surface area contributed by atoms with Crippen molar-refractivity contribution in [2.75, 3.05) is 0 Å². The molecule has 80 valence electrons. The van der Waals surface area contributed by atoms with Crippen molar-refractivity contribution in [3.05, 3.63) is 0 Å². The normalized spacial score (nSPS) is 25.4. The molecule has 14 heavy (non-hydrogen) atoms. The van der Waals surface area contributed by atoms with Crippen LogP contribution in [0, 0.1) is 11.8 Å². The average molecular weight is 213 g/mol. The molecule has 0 aromatic heterocycles. The van der Waals surface area contributed by atoms with E-state index in [9.17, 15) is 0 Å². The van der Waals surface area contributed by atoms with Crippen LogP contribution in [-0.4, -0.2) is 10.8 Å². The molecule has 1 fully saturated rings. The number of nitrogens with zero attached hydrogens (tertiary/aromatic N) is 1. The van der Waals surface area contributed by atoms with Gasteiger partial charge in [0.05, 0.1) is 0 Å². The third kappa shape index (κ3) is 3.62. The number of hydrogen-bond acceptors (Lipinski definition) is 2. The average Bonchev–Trinajstić information content (AvgIpc) is 2.15. The molecule has 0 radical (unpaired) electrons. The SMILES string of the molecule is CC(C)C1CCCC(=NNC(N)=S)C1. The van der Waals surface area contributed by atoms with Gasteiger partial charge in [0.25, 0.3) is 0 Å². The molecule has 3 nitrogen and oxygen atoms in total. The van der Waals surface area contributed by atoms with E-state index in [0.717, 1.165) is 24.7 Å². The van der Waals surface area contributed by atoms with Gasteiger partial charge in [-0.2, -0.15) is 5.10 Å². The van der Waals surface area contributed by atoms with Crippen molar-refractivity contribution in [3.63, 3.8) is 0 Å². The third-order valence-corrected chi connectivity index (χ3v) is 2.90. The Bertz CT molecular complexity index is 236. The minimum Gasteiger partial charge on any atom is -0.375 e. The lowest BCUT2D eigenvalue weighted by Gasteiger charge is -2.26. The predicted molar refractivity (Wildman–Crippen MR) is 64.2 cm³/mol. The number of hydrazone groups is 1. The number of hydrogen-bond donors (Lipinski definition) is 2. The van der Waals surface area contributed by atoms with Crippen LogP contribution in [0.2, 0.25) is 0 Å². The van der Waals surface area contributed by atoms with E-state index in [1.165, 1.54) is 18.6 Å². The molecule has 1 aliphatic rings. The van der Waals surface area contributed by atoms with Crippen LogP contribution in [0.3, 0.4) is 0 Å². The highest BCUT2D eigenvalue weighted by Crippen LogP contribution is 2.27. The van der Waals surface area contributed by atoms with Crippen LogP contribution >= 0.6 is 12.2 Å². The maximum atomic E-state index is 5.32. The summed E-state index contributed by atoms with van der Waals surface area (Å²) in [6, 6.07) is 0. The zero-order valence-electron chi connectivity index (χ0n) is 8.92. The summed E-state index contributed by atoms with van der Waals surface area (Å²) in [6.07, 6.45) is 4.73. The van der Waals surface area contributed by atoms with Crippen LogP contribution in [0.5, 0.6) is 0 Å². The highest BCUT2D eigenvalue weighted by atomic mass is 32.1. The first-order valence-corrected chi connectivity index (χ1v) is 5.61. The first kappa shape index (κ1) is 11.4. The van der Waals surface area contributed by atoms with E-state index in [2.05, 4.69) is 24.4 Å². The van der Waals surface area contributed by atoms with Crippen molar-refractivity contribution in [1.29, 1.82) is 0 Å². The number of nitrogens with two attached hydrogens (primary N) is 1. The summed E-state index contributed by atoms with van der Waals surface area (Å²) in [5.41, 5.74) is 9.20. The van der Waals surface area contributed by atoms with Crippen molar-refractivity contribution in [2.24, 2.45) is 22.7 Å². The number of nitrogens with one attached hydrogen (secondary N) is 1. The molecule has 1 unspecified atom stereocenters. The molecular formula is C10H19N3S. The lowest BCUT2D eigenvalue weighted by molar-refractivity contribution is 0.346. The maximum Gasteiger partial charge on any atom is 0.184 e. The van der Waals surface area contributed by atoms with E-state index in [1.54, 1.807) is 0 Å². The van der Waals surface area contributed by atoms with Crippen LogP contribution in [-0.2, 0) is 0 Å². The Labute approximate surface area is 91.1 Å². The number of rotatable bonds is 2. The van der Waals surface area contributed by atoms with Crippen molar-refractivity contribution >= 4 is 23.0 Å². The van der Waals surface area contributed by atoms with Crippen molar-refractivity contribution in [1.82, 2.24) is 5.43 Å². The van der Waals surface area contributed by atoms with Gasteiger partial charge in [0.2, 0.25) is 0 Å². The van der Waals surface area contributed by atoms with Gasteiger partial charge < -0.3 is 5.73 Å². The van der Waals surface area contributed by atoms with Crippen LogP contribution < -0.4 is 11.2 Å². The van der Waals surface area contributed by atoms with E-state index in [4.69, 9.17) is 18.0 Å². The summed E-state index contributed by atoms with van der Waals surface area (Å²) >= 11 is 4.70. The zero-order valence-corrected chi connectivity index (χ0v) is 9.73. The third-order valence-electron chi connectivity index (χ3n) is 2.81. The Hall–Kier alpha value is -0.640. The van der Waals surface area contributed by atoms with Gasteiger partial charge in [0, 0.05) is 5.71 Å². The second-order valence-electron chi connectivity index (χ2n) is 4.25. The molecule has 1 aliphatic carbocycles. The zero-order chi connectivity index (χ0) is 10.6. The van der Waals surface area contributed by atoms with Gasteiger partial charge in [0.15, 0.2) is 5.11 Å². The van der Waals surface area contributed by atoms with Gasteiger partial charge in [-0.05, 0) is 49.7 Å². The lowest BCUT2D eigenvalue weighted by atomic mass is 9.81. The van der Waals surface area contributed by atoms with Gasteiger partial charge in [0.1, 0.15) is 0 Å². The van der Waals surface area contributed by atoms with Crippen molar-refractivity contribution < 1.29 is 0 Å². The largest absolute Gasteiger partial charge is 0.375 e. The first-order chi connectivity index (χ1) is 6.59. The molecule has 0 aliphatic heterocycles. The van der Waals surface area contributed by atoms with Crippen LogP contribution in [0.15, 0.2) is 5.10 Å². The Morgan fingerprint density at radius 1 is 1.64 bits per heavy atom. The van der Waals surface area contributed by atoms with Gasteiger partial charge in [-0.3, -0.25) is 5.43 Å². The summed E-state index contributed by atoms with van der Waals surface area (Å²) in [4.78, 5) is 0. The van der Waals surface area contributed by atoms with Crippen LogP contribution in [0.4, 0.5) is 0 Å². The molecule has 4 heteroatoms. The molecule has 0 amide bonds. The van der Waals surface area contributed by atoms with Gasteiger partial charge in [-0.1, -0.05) is 13.8 Å². The fourth-order valence-corrected chi connectivity index (χ4v) is 1.93. The summed E-state index contributed by atoms with van der Waals surface area (Å²) in [7, 11) is 0. The Kier molecular flexibility index (Phi) is 4.32. The van der Waals surface area contributed by atoms with Gasteiger partial charge in [-0.25, -0.2) is 0 Å². The molecular weight excluding hydrogens is 194 g/mol. The van der Waals surface area contributed by atoms with E-state index < -0.39 is 0 Å². The fraction of sp³-hybridized carbons (Fsp3) is 0.800. The topological polar surface area (TPSA) is 50.4 Å². The molecule has 1 atom stereocenters. The van der Waals surface area contributed by atoms with Crippen molar-refractivity contribution in [3.8, 4) is 0 Å².